The summed E-state index contributed by atoms with van der Waals surface area (Å²) in [4.78, 5) is 36.9. The van der Waals surface area contributed by atoms with Crippen LogP contribution in [-0.4, -0.2) is 41.0 Å². The molecule has 1 saturated heterocycles. The molecule has 0 aliphatic carbocycles. The molecule has 2 atom stereocenters. The van der Waals surface area contributed by atoms with E-state index in [0.717, 1.165) is 5.56 Å². The van der Waals surface area contributed by atoms with Gasteiger partial charge in [-0.3, -0.25) is 14.4 Å². The molecular formula is C16H19N2O3. The van der Waals surface area contributed by atoms with Crippen molar-refractivity contribution < 1.29 is 14.4 Å². The third-order valence-corrected chi connectivity index (χ3v) is 4.01. The van der Waals surface area contributed by atoms with Crippen molar-refractivity contribution in [2.75, 3.05) is 6.54 Å². The standard InChI is InChI=1S/C16H19N2O3/c1-12(20)16(11-19)8-5-9-18(16)15(21)14(17)10-13-6-3-2-4-7-13/h2-4,6-7,14H,5,8-10,17H2,1H3/t14-,16+/m1/s1. The number of benzene rings is 1. The van der Waals surface area contributed by atoms with Gasteiger partial charge < -0.3 is 10.6 Å². The fourth-order valence-electron chi connectivity index (χ4n) is 2.82. The Hall–Kier alpha value is -2.01. The molecule has 0 bridgehead atoms. The van der Waals surface area contributed by atoms with Gasteiger partial charge in [0.15, 0.2) is 11.3 Å². The van der Waals surface area contributed by atoms with Crippen LogP contribution in [0.1, 0.15) is 25.3 Å². The van der Waals surface area contributed by atoms with Crippen LogP contribution in [0, 0.1) is 0 Å². The van der Waals surface area contributed by atoms with E-state index < -0.39 is 11.6 Å². The number of hydrogen-bond donors (Lipinski definition) is 1. The Morgan fingerprint density at radius 3 is 2.62 bits per heavy atom. The Bertz CT molecular complexity index is 544. The van der Waals surface area contributed by atoms with Crippen LogP contribution in [0.25, 0.3) is 0 Å². The molecule has 1 aromatic carbocycles. The number of nitrogens with two attached hydrogens (primary N) is 1. The Morgan fingerprint density at radius 1 is 1.38 bits per heavy atom. The lowest BCUT2D eigenvalue weighted by Crippen LogP contribution is -2.57. The first-order valence-electron chi connectivity index (χ1n) is 7.02. The van der Waals surface area contributed by atoms with E-state index in [2.05, 4.69) is 0 Å². The normalized spacial score (nSPS) is 22.9. The number of ketones is 1. The molecule has 111 valence electrons. The van der Waals surface area contributed by atoms with E-state index in [1.54, 1.807) is 6.29 Å². The van der Waals surface area contributed by atoms with Gasteiger partial charge in [0.25, 0.3) is 0 Å². The molecule has 0 spiro atoms. The van der Waals surface area contributed by atoms with E-state index in [0.29, 0.717) is 25.8 Å². The monoisotopic (exact) mass is 287 g/mol. The van der Waals surface area contributed by atoms with Crippen LogP contribution in [0.5, 0.6) is 0 Å². The van der Waals surface area contributed by atoms with Gasteiger partial charge in [-0.25, -0.2) is 0 Å². The van der Waals surface area contributed by atoms with Crippen molar-refractivity contribution in [2.24, 2.45) is 5.73 Å². The van der Waals surface area contributed by atoms with Crippen molar-refractivity contribution in [1.29, 1.82) is 0 Å². The highest BCUT2D eigenvalue weighted by Gasteiger charge is 2.49. The first-order chi connectivity index (χ1) is 10.0. The molecular weight excluding hydrogens is 268 g/mol. The molecule has 1 aromatic rings. The minimum atomic E-state index is -1.44. The number of carbonyl (C=O) groups is 2. The molecule has 0 saturated carbocycles. The maximum Gasteiger partial charge on any atom is 0.241 e. The third kappa shape index (κ3) is 2.88. The average molecular weight is 287 g/mol. The molecule has 2 N–H and O–H groups in total. The van der Waals surface area contributed by atoms with Crippen LogP contribution in [0.2, 0.25) is 0 Å². The van der Waals surface area contributed by atoms with Crippen LogP contribution in [0.4, 0.5) is 0 Å². The molecule has 5 heteroatoms. The molecule has 1 heterocycles. The van der Waals surface area contributed by atoms with E-state index in [9.17, 15) is 14.4 Å². The van der Waals surface area contributed by atoms with Crippen molar-refractivity contribution in [3.05, 3.63) is 35.9 Å². The summed E-state index contributed by atoms with van der Waals surface area (Å²) < 4.78 is 0. The highest BCUT2D eigenvalue weighted by molar-refractivity contribution is 6.06. The summed E-state index contributed by atoms with van der Waals surface area (Å²) in [6.45, 7) is 1.69. The number of likely N-dealkylation sites (tertiary alicyclic amines) is 1. The van der Waals surface area contributed by atoms with E-state index in [1.807, 2.05) is 30.3 Å². The summed E-state index contributed by atoms with van der Waals surface area (Å²) in [5.74, 6) is -0.717. The van der Waals surface area contributed by atoms with Gasteiger partial charge in [-0.15, -0.1) is 0 Å². The topological polar surface area (TPSA) is 80.5 Å². The van der Waals surface area contributed by atoms with Crippen LogP contribution in [0.3, 0.4) is 0 Å². The van der Waals surface area contributed by atoms with Crippen molar-refractivity contribution >= 4 is 18.0 Å². The minimum Gasteiger partial charge on any atom is -0.321 e. The molecule has 2 rings (SSSR count). The zero-order valence-electron chi connectivity index (χ0n) is 12.0. The Balaban J connectivity index is 2.15. The van der Waals surface area contributed by atoms with Crippen LogP contribution < -0.4 is 5.73 Å². The highest BCUT2D eigenvalue weighted by atomic mass is 16.2. The number of hydrogen-bond acceptors (Lipinski definition) is 4. The molecule has 0 unspecified atom stereocenters. The van der Waals surface area contributed by atoms with Gasteiger partial charge in [0.1, 0.15) is 0 Å². The summed E-state index contributed by atoms with van der Waals surface area (Å²) in [5, 5.41) is 0. The third-order valence-electron chi connectivity index (χ3n) is 4.01. The van der Waals surface area contributed by atoms with Gasteiger partial charge in [0.2, 0.25) is 12.2 Å². The summed E-state index contributed by atoms with van der Waals surface area (Å²) in [5.41, 5.74) is 5.48. The predicted octanol–water partition coefficient (Wildman–Crippen LogP) is 0.616. The number of amides is 1. The summed E-state index contributed by atoms with van der Waals surface area (Å²) in [7, 11) is 0. The lowest BCUT2D eigenvalue weighted by Gasteiger charge is -2.32. The maximum absolute atomic E-state index is 12.5. The first-order valence-corrected chi connectivity index (χ1v) is 7.02. The van der Waals surface area contributed by atoms with Crippen molar-refractivity contribution in [3.8, 4) is 0 Å². The fraction of sp³-hybridized carbons (Fsp3) is 0.438. The van der Waals surface area contributed by atoms with Crippen molar-refractivity contribution in [1.82, 2.24) is 4.90 Å². The second kappa shape index (κ2) is 6.18. The molecule has 1 fully saturated rings. The van der Waals surface area contributed by atoms with E-state index in [-0.39, 0.29) is 11.7 Å². The van der Waals surface area contributed by atoms with Crippen LogP contribution in [-0.2, 0) is 20.8 Å². The van der Waals surface area contributed by atoms with Crippen LogP contribution in [0.15, 0.2) is 30.3 Å². The number of nitrogens with zero attached hydrogens (tertiary/aromatic N) is 1. The summed E-state index contributed by atoms with van der Waals surface area (Å²) in [6, 6.07) is 8.66. The second-order valence-corrected chi connectivity index (χ2v) is 5.41. The van der Waals surface area contributed by atoms with Gasteiger partial charge in [0.05, 0.1) is 6.04 Å². The first kappa shape index (κ1) is 15.4. The molecule has 0 aromatic heterocycles. The fourth-order valence-corrected chi connectivity index (χ4v) is 2.82. The minimum absolute atomic E-state index is 0.329. The molecule has 1 aliphatic rings. The lowest BCUT2D eigenvalue weighted by atomic mass is 9.92. The maximum atomic E-state index is 12.5. The predicted molar refractivity (Wildman–Crippen MR) is 78.2 cm³/mol. The van der Waals surface area contributed by atoms with Gasteiger partial charge in [0, 0.05) is 6.54 Å². The Kier molecular flexibility index (Phi) is 4.53. The molecule has 1 radical (unpaired) electrons. The smallest absolute Gasteiger partial charge is 0.241 e. The number of carbonyl (C=O) groups excluding carboxylic acids is 3. The summed E-state index contributed by atoms with van der Waals surface area (Å²) >= 11 is 0. The quantitative estimate of drug-likeness (QED) is 0.805. The van der Waals surface area contributed by atoms with Gasteiger partial charge in [-0.05, 0) is 31.7 Å². The molecule has 1 aliphatic heterocycles. The van der Waals surface area contributed by atoms with Crippen molar-refractivity contribution in [2.45, 2.75) is 37.8 Å². The highest BCUT2D eigenvalue weighted by Crippen LogP contribution is 2.29. The zero-order chi connectivity index (χ0) is 15.5. The SMILES string of the molecule is CC(=O)[C@@]1([C]=O)CCCN1C(=O)[C@H](N)Cc1ccccc1. The van der Waals surface area contributed by atoms with Crippen LogP contribution >= 0.6 is 0 Å². The number of rotatable bonds is 5. The zero-order valence-corrected chi connectivity index (χ0v) is 12.0. The number of Topliss-reactive ketones (excluding diaryl/α,β-unsaturated/α-hetero) is 1. The van der Waals surface area contributed by atoms with Crippen molar-refractivity contribution in [3.63, 3.8) is 0 Å². The Labute approximate surface area is 124 Å². The summed E-state index contributed by atoms with van der Waals surface area (Å²) in [6.07, 6.45) is 3.09. The van der Waals surface area contributed by atoms with E-state index in [1.165, 1.54) is 11.8 Å². The van der Waals surface area contributed by atoms with E-state index in [4.69, 9.17) is 5.73 Å². The van der Waals surface area contributed by atoms with Gasteiger partial charge in [-0.1, -0.05) is 30.3 Å². The molecule has 5 nitrogen and oxygen atoms in total. The largest absolute Gasteiger partial charge is 0.321 e. The lowest BCUT2D eigenvalue weighted by molar-refractivity contribution is -0.140. The van der Waals surface area contributed by atoms with Gasteiger partial charge in [-0.2, -0.15) is 0 Å². The molecule has 1 amide bonds. The Morgan fingerprint density at radius 2 is 2.05 bits per heavy atom. The molecule has 21 heavy (non-hydrogen) atoms. The second-order valence-electron chi connectivity index (χ2n) is 5.41. The van der Waals surface area contributed by atoms with Gasteiger partial charge >= 0.3 is 0 Å². The average Bonchev–Trinajstić information content (AvgIpc) is 2.92. The van der Waals surface area contributed by atoms with E-state index >= 15 is 0 Å².